The van der Waals surface area contributed by atoms with Crippen molar-refractivity contribution in [3.05, 3.63) is 22.7 Å². The predicted molar refractivity (Wildman–Crippen MR) is 72.4 cm³/mol. The number of hydrogen-bond donors (Lipinski definition) is 2. The van der Waals surface area contributed by atoms with Gasteiger partial charge in [-0.25, -0.2) is 13.1 Å². The maximum atomic E-state index is 12.0. The Morgan fingerprint density at radius 1 is 1.44 bits per heavy atom. The molecule has 0 fully saturated rings. The van der Waals surface area contributed by atoms with Gasteiger partial charge in [0.05, 0.1) is 11.4 Å². The number of carbonyl (C=O) groups excluding carboxylic acids is 1. The summed E-state index contributed by atoms with van der Waals surface area (Å²) >= 11 is 3.13. The van der Waals surface area contributed by atoms with Crippen LogP contribution in [0.5, 0.6) is 0 Å². The topological polar surface area (TPSA) is 92.5 Å². The molecule has 0 bridgehead atoms. The van der Waals surface area contributed by atoms with Crippen LogP contribution in [-0.2, 0) is 14.8 Å². The van der Waals surface area contributed by atoms with E-state index in [0.29, 0.717) is 10.2 Å². The fourth-order valence-electron chi connectivity index (χ4n) is 1.12. The Hall–Kier alpha value is -1.12. The summed E-state index contributed by atoms with van der Waals surface area (Å²) in [4.78, 5) is 12.6. The van der Waals surface area contributed by atoms with Gasteiger partial charge < -0.3 is 10.6 Å². The van der Waals surface area contributed by atoms with Crippen LogP contribution in [0, 0.1) is 0 Å². The molecule has 18 heavy (non-hydrogen) atoms. The van der Waals surface area contributed by atoms with Gasteiger partial charge in [0.25, 0.3) is 0 Å². The molecular formula is C10H14BrN3O3S. The van der Waals surface area contributed by atoms with E-state index in [4.69, 9.17) is 5.73 Å². The summed E-state index contributed by atoms with van der Waals surface area (Å²) in [6, 6.07) is 4.44. The highest BCUT2D eigenvalue weighted by molar-refractivity contribution is 9.10. The molecule has 0 aromatic heterocycles. The van der Waals surface area contributed by atoms with Gasteiger partial charge in [0.15, 0.2) is 0 Å². The number of nitrogens with zero attached hydrogens (tertiary/aromatic N) is 1. The van der Waals surface area contributed by atoms with Gasteiger partial charge in [-0.2, -0.15) is 0 Å². The van der Waals surface area contributed by atoms with Crippen molar-refractivity contribution in [2.45, 2.75) is 4.90 Å². The number of hydrogen-bond acceptors (Lipinski definition) is 4. The predicted octanol–water partition coefficient (Wildman–Crippen LogP) is 0.398. The summed E-state index contributed by atoms with van der Waals surface area (Å²) in [7, 11) is -0.669. The molecule has 0 radical (unpaired) electrons. The Labute approximate surface area is 114 Å². The van der Waals surface area contributed by atoms with Gasteiger partial charge in [0, 0.05) is 24.3 Å². The van der Waals surface area contributed by atoms with Crippen LogP contribution in [0.2, 0.25) is 0 Å². The molecule has 0 heterocycles. The van der Waals surface area contributed by atoms with Crippen molar-refractivity contribution < 1.29 is 13.2 Å². The van der Waals surface area contributed by atoms with E-state index in [9.17, 15) is 13.2 Å². The summed E-state index contributed by atoms with van der Waals surface area (Å²) in [5.41, 5.74) is 5.87. The first kappa shape index (κ1) is 14.9. The third-order valence-electron chi connectivity index (χ3n) is 2.16. The lowest BCUT2D eigenvalue weighted by Gasteiger charge is -2.12. The summed E-state index contributed by atoms with van der Waals surface area (Å²) in [5.74, 6) is -0.335. The first-order valence-corrected chi connectivity index (χ1v) is 7.26. The highest BCUT2D eigenvalue weighted by atomic mass is 79.9. The van der Waals surface area contributed by atoms with Crippen LogP contribution in [0.1, 0.15) is 0 Å². The maximum Gasteiger partial charge on any atom is 0.242 e. The van der Waals surface area contributed by atoms with Crippen LogP contribution >= 0.6 is 15.9 Å². The molecule has 0 spiro atoms. The quantitative estimate of drug-likeness (QED) is 0.779. The molecular weight excluding hydrogens is 322 g/mol. The number of benzene rings is 1. The van der Waals surface area contributed by atoms with Gasteiger partial charge in [0.2, 0.25) is 15.9 Å². The number of sulfonamides is 1. The lowest BCUT2D eigenvalue weighted by molar-refractivity contribution is -0.127. The molecule has 0 saturated heterocycles. The van der Waals surface area contributed by atoms with E-state index < -0.39 is 10.0 Å². The number of nitrogens with two attached hydrogens (primary N) is 1. The summed E-state index contributed by atoms with van der Waals surface area (Å²) in [6.07, 6.45) is 0. The average Bonchev–Trinajstić information content (AvgIpc) is 2.29. The van der Waals surface area contributed by atoms with Crippen LogP contribution in [0.4, 0.5) is 5.69 Å². The molecule has 6 nitrogen and oxygen atoms in total. The molecule has 3 N–H and O–H groups in total. The number of carbonyl (C=O) groups is 1. The first-order chi connectivity index (χ1) is 8.24. The Balaban J connectivity index is 2.93. The number of halogens is 1. The monoisotopic (exact) mass is 335 g/mol. The van der Waals surface area contributed by atoms with E-state index in [0.717, 1.165) is 0 Å². The van der Waals surface area contributed by atoms with Crippen LogP contribution in [0.25, 0.3) is 0 Å². The van der Waals surface area contributed by atoms with Crippen LogP contribution in [0.3, 0.4) is 0 Å². The Kier molecular flexibility index (Phi) is 4.71. The molecule has 0 aliphatic heterocycles. The minimum absolute atomic E-state index is 0.00839. The van der Waals surface area contributed by atoms with Crippen LogP contribution in [0.15, 0.2) is 27.6 Å². The molecule has 1 aromatic carbocycles. The van der Waals surface area contributed by atoms with Crippen molar-refractivity contribution in [2.24, 2.45) is 0 Å². The molecule has 0 saturated carbocycles. The van der Waals surface area contributed by atoms with Crippen molar-refractivity contribution >= 4 is 37.5 Å². The molecule has 1 rings (SSSR count). The average molecular weight is 336 g/mol. The zero-order valence-electron chi connectivity index (χ0n) is 9.97. The van der Waals surface area contributed by atoms with E-state index >= 15 is 0 Å². The number of anilines is 1. The largest absolute Gasteiger partial charge is 0.399 e. The van der Waals surface area contributed by atoms with Crippen LogP contribution in [-0.4, -0.2) is 39.9 Å². The lowest BCUT2D eigenvalue weighted by Crippen LogP contribution is -2.36. The molecule has 1 amide bonds. The molecule has 0 aliphatic rings. The first-order valence-electron chi connectivity index (χ1n) is 4.99. The second kappa shape index (κ2) is 5.68. The Bertz CT molecular complexity index is 557. The summed E-state index contributed by atoms with van der Waals surface area (Å²) in [5, 5.41) is 0. The number of nitrogen functional groups attached to an aromatic ring is 1. The fourth-order valence-corrected chi connectivity index (χ4v) is 3.09. The Morgan fingerprint density at radius 3 is 2.61 bits per heavy atom. The minimum Gasteiger partial charge on any atom is -0.399 e. The van der Waals surface area contributed by atoms with Crippen molar-refractivity contribution in [1.82, 2.24) is 9.62 Å². The van der Waals surface area contributed by atoms with Crippen molar-refractivity contribution in [3.8, 4) is 0 Å². The second-order valence-electron chi connectivity index (χ2n) is 3.80. The standard InChI is InChI=1S/C10H14BrN3O3S/c1-14(2)10(15)6-13-18(16,17)9-5-7(12)3-4-8(9)11/h3-5,13H,6,12H2,1-2H3. The molecule has 1 aromatic rings. The third kappa shape index (κ3) is 3.69. The highest BCUT2D eigenvalue weighted by Gasteiger charge is 2.19. The normalized spacial score (nSPS) is 11.3. The highest BCUT2D eigenvalue weighted by Crippen LogP contribution is 2.23. The molecule has 0 atom stereocenters. The molecule has 0 unspecified atom stereocenters. The van der Waals surface area contributed by atoms with E-state index in [1.165, 1.54) is 17.0 Å². The maximum absolute atomic E-state index is 12.0. The number of amides is 1. The number of rotatable bonds is 4. The lowest BCUT2D eigenvalue weighted by atomic mass is 10.3. The van der Waals surface area contributed by atoms with Gasteiger partial charge >= 0.3 is 0 Å². The minimum atomic E-state index is -3.77. The van der Waals surface area contributed by atoms with Crippen molar-refractivity contribution in [3.63, 3.8) is 0 Å². The molecule has 8 heteroatoms. The smallest absolute Gasteiger partial charge is 0.242 e. The van der Waals surface area contributed by atoms with E-state index in [2.05, 4.69) is 20.7 Å². The van der Waals surface area contributed by atoms with Crippen molar-refractivity contribution in [1.29, 1.82) is 0 Å². The van der Waals surface area contributed by atoms with Gasteiger partial charge in [-0.15, -0.1) is 0 Å². The zero-order valence-corrected chi connectivity index (χ0v) is 12.4. The summed E-state index contributed by atoms with van der Waals surface area (Å²) < 4.78 is 26.5. The fraction of sp³-hybridized carbons (Fsp3) is 0.300. The Morgan fingerprint density at radius 2 is 2.06 bits per heavy atom. The van der Waals surface area contributed by atoms with Gasteiger partial charge in [-0.3, -0.25) is 4.79 Å². The van der Waals surface area contributed by atoms with E-state index in [-0.39, 0.29) is 17.3 Å². The molecule has 0 aliphatic carbocycles. The van der Waals surface area contributed by atoms with E-state index in [1.807, 2.05) is 0 Å². The van der Waals surface area contributed by atoms with Gasteiger partial charge in [0.1, 0.15) is 0 Å². The van der Waals surface area contributed by atoms with E-state index in [1.54, 1.807) is 20.2 Å². The number of nitrogens with one attached hydrogen (secondary N) is 1. The second-order valence-corrected chi connectivity index (χ2v) is 6.39. The van der Waals surface area contributed by atoms with Gasteiger partial charge in [-0.1, -0.05) is 0 Å². The summed E-state index contributed by atoms with van der Waals surface area (Å²) in [6.45, 7) is -0.295. The SMILES string of the molecule is CN(C)C(=O)CNS(=O)(=O)c1cc(N)ccc1Br. The third-order valence-corrected chi connectivity index (χ3v) is 4.55. The zero-order chi connectivity index (χ0) is 13.9. The van der Waals surface area contributed by atoms with Gasteiger partial charge in [-0.05, 0) is 34.1 Å². The molecule has 100 valence electrons. The van der Waals surface area contributed by atoms with Crippen molar-refractivity contribution in [2.75, 3.05) is 26.4 Å². The number of likely N-dealkylation sites (N-methyl/N-ethyl adjacent to an activating group) is 1. The van der Waals surface area contributed by atoms with Crippen LogP contribution < -0.4 is 10.5 Å².